The molecule has 0 saturated heterocycles. The minimum Gasteiger partial charge on any atom is -0.464 e. The van der Waals surface area contributed by atoms with Crippen LogP contribution in [0.15, 0.2) is 0 Å². The van der Waals surface area contributed by atoms with Crippen LogP contribution in [0.4, 0.5) is 0 Å². The smallest absolute Gasteiger partial charge is 0.337 e. The van der Waals surface area contributed by atoms with Gasteiger partial charge in [-0.1, -0.05) is 29.3 Å². The quantitative estimate of drug-likeness (QED) is 0.462. The van der Waals surface area contributed by atoms with Crippen LogP contribution in [0.2, 0.25) is 0 Å². The van der Waals surface area contributed by atoms with Crippen LogP contribution in [0.1, 0.15) is 26.7 Å². The van der Waals surface area contributed by atoms with Crippen LogP contribution in [0.5, 0.6) is 0 Å². The number of carbonyl (C=O) groups is 1. The van der Waals surface area contributed by atoms with Crippen molar-refractivity contribution in [1.82, 2.24) is 0 Å². The second-order valence-corrected chi connectivity index (χ2v) is 4.55. The summed E-state index contributed by atoms with van der Waals surface area (Å²) in [6.45, 7) is 3.62. The Bertz CT molecular complexity index is 211. The molecule has 96 valence electrons. The molecule has 0 spiro atoms. The summed E-state index contributed by atoms with van der Waals surface area (Å²) in [5, 5.41) is 28.6. The molecule has 6 heteroatoms. The molecule has 0 aliphatic heterocycles. The molecule has 3 N–H and O–H groups in total. The number of carbonyl (C=O) groups excluding carboxylic acids is 1. The third-order valence-electron chi connectivity index (χ3n) is 2.13. The second-order valence-electron chi connectivity index (χ2n) is 3.49. The fourth-order valence-corrected chi connectivity index (χ4v) is 1.78. The van der Waals surface area contributed by atoms with Crippen molar-refractivity contribution in [3.8, 4) is 0 Å². The number of hydrogen-bond donors (Lipinski definition) is 3. The molecule has 0 bridgehead atoms. The molecule has 0 aliphatic carbocycles. The second kappa shape index (κ2) is 8.00. The molecule has 0 radical (unpaired) electrons. The first-order valence-corrected chi connectivity index (χ1v) is 6.22. The van der Waals surface area contributed by atoms with Gasteiger partial charge in [-0.15, -0.1) is 0 Å². The SMILES string of the molecule is CCC[C@H](O)[C@H](Br)[C@H](O)[C@@H](O)C(=O)OCC. The van der Waals surface area contributed by atoms with Gasteiger partial charge >= 0.3 is 5.97 Å². The third-order valence-corrected chi connectivity index (χ3v) is 3.28. The van der Waals surface area contributed by atoms with Crippen molar-refractivity contribution in [2.75, 3.05) is 6.61 Å². The van der Waals surface area contributed by atoms with E-state index in [1.165, 1.54) is 0 Å². The number of esters is 1. The zero-order chi connectivity index (χ0) is 12.7. The topological polar surface area (TPSA) is 87.0 Å². The number of rotatable bonds is 7. The maximum Gasteiger partial charge on any atom is 0.337 e. The highest BCUT2D eigenvalue weighted by molar-refractivity contribution is 9.09. The van der Waals surface area contributed by atoms with Crippen molar-refractivity contribution >= 4 is 21.9 Å². The van der Waals surface area contributed by atoms with E-state index in [9.17, 15) is 20.1 Å². The van der Waals surface area contributed by atoms with Crippen molar-refractivity contribution in [2.45, 2.75) is 49.8 Å². The van der Waals surface area contributed by atoms with E-state index < -0.39 is 29.1 Å². The number of halogens is 1. The lowest BCUT2D eigenvalue weighted by atomic mass is 10.0. The molecular formula is C10H19BrO5. The molecule has 0 aromatic rings. The molecule has 5 nitrogen and oxygen atoms in total. The van der Waals surface area contributed by atoms with Crippen LogP contribution >= 0.6 is 15.9 Å². The lowest BCUT2D eigenvalue weighted by Gasteiger charge is -2.24. The van der Waals surface area contributed by atoms with Gasteiger partial charge in [0.15, 0.2) is 6.10 Å². The molecule has 0 fully saturated rings. The summed E-state index contributed by atoms with van der Waals surface area (Å²) < 4.78 is 4.56. The molecule has 0 unspecified atom stereocenters. The number of hydrogen-bond acceptors (Lipinski definition) is 5. The van der Waals surface area contributed by atoms with Gasteiger partial charge in [0.05, 0.1) is 17.5 Å². The molecule has 0 aromatic heterocycles. The average molecular weight is 299 g/mol. The van der Waals surface area contributed by atoms with Crippen LogP contribution in [0, 0.1) is 0 Å². The molecule has 16 heavy (non-hydrogen) atoms. The Morgan fingerprint density at radius 3 is 2.31 bits per heavy atom. The molecule has 0 aliphatic rings. The van der Waals surface area contributed by atoms with Crippen LogP contribution in [-0.4, -0.2) is 51.0 Å². The highest BCUT2D eigenvalue weighted by Crippen LogP contribution is 2.18. The normalized spacial score (nSPS) is 18.6. The number of alkyl halides is 1. The van der Waals surface area contributed by atoms with E-state index >= 15 is 0 Å². The van der Waals surface area contributed by atoms with Gasteiger partial charge in [0.2, 0.25) is 0 Å². The van der Waals surface area contributed by atoms with E-state index in [0.717, 1.165) is 6.42 Å². The fourth-order valence-electron chi connectivity index (χ4n) is 1.22. The number of aliphatic hydroxyl groups excluding tert-OH is 3. The zero-order valence-corrected chi connectivity index (χ0v) is 11.1. The monoisotopic (exact) mass is 298 g/mol. The van der Waals surface area contributed by atoms with Gasteiger partial charge in [-0.2, -0.15) is 0 Å². The molecule has 0 amide bonds. The summed E-state index contributed by atoms with van der Waals surface area (Å²) in [6.07, 6.45) is -2.63. The maximum atomic E-state index is 11.1. The highest BCUT2D eigenvalue weighted by Gasteiger charge is 2.34. The van der Waals surface area contributed by atoms with Gasteiger partial charge in [-0.05, 0) is 13.3 Å². The van der Waals surface area contributed by atoms with Crippen molar-refractivity contribution in [2.24, 2.45) is 0 Å². The van der Waals surface area contributed by atoms with E-state index in [1.807, 2.05) is 6.92 Å². The van der Waals surface area contributed by atoms with Crippen LogP contribution in [0.3, 0.4) is 0 Å². The lowest BCUT2D eigenvalue weighted by molar-refractivity contribution is -0.159. The van der Waals surface area contributed by atoms with Crippen molar-refractivity contribution < 1.29 is 24.9 Å². The summed E-state index contributed by atoms with van der Waals surface area (Å²) in [6, 6.07) is 0. The van der Waals surface area contributed by atoms with Crippen molar-refractivity contribution in [3.63, 3.8) is 0 Å². The molecule has 0 saturated carbocycles. The first kappa shape index (κ1) is 15.8. The largest absolute Gasteiger partial charge is 0.464 e. The van der Waals surface area contributed by atoms with E-state index in [0.29, 0.717) is 6.42 Å². The van der Waals surface area contributed by atoms with Crippen molar-refractivity contribution in [1.29, 1.82) is 0 Å². The lowest BCUT2D eigenvalue weighted by Crippen LogP contribution is -2.45. The van der Waals surface area contributed by atoms with Gasteiger partial charge in [0.25, 0.3) is 0 Å². The minimum absolute atomic E-state index is 0.132. The summed E-state index contributed by atoms with van der Waals surface area (Å²) in [5.41, 5.74) is 0. The van der Waals surface area contributed by atoms with E-state index in [4.69, 9.17) is 0 Å². The standard InChI is InChI=1S/C10H19BrO5/c1-3-5-6(12)7(11)8(13)9(14)10(15)16-4-2/h6-9,12-14H,3-5H2,1-2H3/t6-,7-,8-,9+/m0/s1. The first-order chi connectivity index (χ1) is 7.45. The van der Waals surface area contributed by atoms with Gasteiger partial charge in [0, 0.05) is 0 Å². The summed E-state index contributed by atoms with van der Waals surface area (Å²) in [4.78, 5) is 10.4. The predicted octanol–water partition coefficient (Wildman–Crippen LogP) is 0.196. The summed E-state index contributed by atoms with van der Waals surface area (Å²) in [7, 11) is 0. The maximum absolute atomic E-state index is 11.1. The fraction of sp³-hybridized carbons (Fsp3) is 0.900. The van der Waals surface area contributed by atoms with E-state index in [2.05, 4.69) is 20.7 Å². The third kappa shape index (κ3) is 4.78. The van der Waals surface area contributed by atoms with E-state index in [1.54, 1.807) is 6.92 Å². The van der Waals surface area contributed by atoms with Crippen LogP contribution in [-0.2, 0) is 9.53 Å². The Hall–Kier alpha value is -0.170. The molecule has 4 atom stereocenters. The van der Waals surface area contributed by atoms with Crippen LogP contribution in [0.25, 0.3) is 0 Å². The Morgan fingerprint density at radius 1 is 1.31 bits per heavy atom. The molecule has 0 rings (SSSR count). The first-order valence-electron chi connectivity index (χ1n) is 5.30. The number of ether oxygens (including phenoxy) is 1. The molecule has 0 aromatic carbocycles. The Balaban J connectivity index is 4.30. The number of aliphatic hydroxyl groups is 3. The average Bonchev–Trinajstić information content (AvgIpc) is 2.26. The van der Waals surface area contributed by atoms with Crippen LogP contribution < -0.4 is 0 Å². The zero-order valence-electron chi connectivity index (χ0n) is 9.47. The van der Waals surface area contributed by atoms with Gasteiger partial charge in [-0.25, -0.2) is 4.79 Å². The van der Waals surface area contributed by atoms with Gasteiger partial charge in [0.1, 0.15) is 6.10 Å². The summed E-state index contributed by atoms with van der Waals surface area (Å²) in [5.74, 6) is -0.886. The predicted molar refractivity (Wildman–Crippen MR) is 62.3 cm³/mol. The Labute approximate surface area is 104 Å². The van der Waals surface area contributed by atoms with Gasteiger partial charge < -0.3 is 20.1 Å². The highest BCUT2D eigenvalue weighted by atomic mass is 79.9. The minimum atomic E-state index is -1.64. The molecular weight excluding hydrogens is 280 g/mol. The van der Waals surface area contributed by atoms with E-state index in [-0.39, 0.29) is 6.61 Å². The van der Waals surface area contributed by atoms with Crippen molar-refractivity contribution in [3.05, 3.63) is 0 Å². The van der Waals surface area contributed by atoms with Gasteiger partial charge in [-0.3, -0.25) is 0 Å². The Morgan fingerprint density at radius 2 is 1.88 bits per heavy atom. The molecule has 0 heterocycles. The summed E-state index contributed by atoms with van der Waals surface area (Å²) >= 11 is 3.06. The Kier molecular flexibility index (Phi) is 7.91.